The lowest BCUT2D eigenvalue weighted by Gasteiger charge is -2.10. The Morgan fingerprint density at radius 2 is 1.75 bits per heavy atom. The Kier molecular flexibility index (Phi) is 3.13. The molecule has 4 rings (SSSR count). The molecule has 4 aromatic rings. The SMILES string of the molecule is Cn1nc(C(=O)Nn2cnc3ccccc32)c2ccccc2c1=O. The van der Waals surface area contributed by atoms with Crippen LogP contribution in [0, 0.1) is 0 Å². The van der Waals surface area contributed by atoms with E-state index in [-0.39, 0.29) is 11.3 Å². The first kappa shape index (κ1) is 14.1. The molecule has 1 N–H and O–H groups in total. The van der Waals surface area contributed by atoms with Gasteiger partial charge in [-0.3, -0.25) is 15.0 Å². The largest absolute Gasteiger partial charge is 0.291 e. The van der Waals surface area contributed by atoms with E-state index >= 15 is 0 Å². The summed E-state index contributed by atoms with van der Waals surface area (Å²) in [5.41, 5.74) is 4.25. The second-order valence-corrected chi connectivity index (χ2v) is 5.37. The smallest absolute Gasteiger partial charge is 0.267 e. The van der Waals surface area contributed by atoms with Crippen LogP contribution in [0.2, 0.25) is 0 Å². The fourth-order valence-corrected chi connectivity index (χ4v) is 2.68. The topological polar surface area (TPSA) is 81.8 Å². The van der Waals surface area contributed by atoms with Gasteiger partial charge in [0.2, 0.25) is 0 Å². The summed E-state index contributed by atoms with van der Waals surface area (Å²) in [7, 11) is 1.53. The molecule has 0 bridgehead atoms. The van der Waals surface area contributed by atoms with Crippen molar-refractivity contribution in [2.24, 2.45) is 7.05 Å². The number of benzene rings is 2. The molecule has 7 nitrogen and oxygen atoms in total. The zero-order valence-corrected chi connectivity index (χ0v) is 12.8. The first-order chi connectivity index (χ1) is 11.6. The number of aromatic nitrogens is 4. The highest BCUT2D eigenvalue weighted by Crippen LogP contribution is 2.14. The van der Waals surface area contributed by atoms with Gasteiger partial charge in [-0.1, -0.05) is 30.3 Å². The second-order valence-electron chi connectivity index (χ2n) is 5.37. The van der Waals surface area contributed by atoms with Crippen LogP contribution in [-0.2, 0) is 7.05 Å². The predicted molar refractivity (Wildman–Crippen MR) is 90.4 cm³/mol. The van der Waals surface area contributed by atoms with E-state index in [2.05, 4.69) is 15.5 Å². The number of hydrogen-bond acceptors (Lipinski definition) is 4. The molecule has 24 heavy (non-hydrogen) atoms. The molecule has 0 saturated carbocycles. The number of carbonyl (C=O) groups excluding carboxylic acids is 1. The van der Waals surface area contributed by atoms with Crippen LogP contribution < -0.4 is 11.0 Å². The fraction of sp³-hybridized carbons (Fsp3) is 0.0588. The highest BCUT2D eigenvalue weighted by molar-refractivity contribution is 6.08. The standard InChI is InChI=1S/C17H13N5O2/c1-21-17(24)12-7-3-2-6-11(12)15(19-21)16(23)20-22-10-18-13-8-4-5-9-14(13)22/h2-10H,1H3,(H,20,23). The number of nitrogens with zero attached hydrogens (tertiary/aromatic N) is 4. The molecule has 0 spiro atoms. The van der Waals surface area contributed by atoms with Gasteiger partial charge in [0.1, 0.15) is 6.33 Å². The van der Waals surface area contributed by atoms with Gasteiger partial charge in [-0.25, -0.2) is 14.3 Å². The third-order valence-electron chi connectivity index (χ3n) is 3.85. The van der Waals surface area contributed by atoms with E-state index in [1.807, 2.05) is 24.3 Å². The molecule has 0 atom stereocenters. The Labute approximate surface area is 136 Å². The second kappa shape index (κ2) is 5.31. The van der Waals surface area contributed by atoms with Crippen LogP contribution in [0.15, 0.2) is 59.7 Å². The summed E-state index contributed by atoms with van der Waals surface area (Å²) in [5.74, 6) is -0.412. The van der Waals surface area contributed by atoms with E-state index in [0.29, 0.717) is 10.8 Å². The van der Waals surface area contributed by atoms with Gasteiger partial charge in [-0.15, -0.1) is 0 Å². The molecule has 118 valence electrons. The maximum absolute atomic E-state index is 12.7. The molecule has 2 aromatic carbocycles. The van der Waals surface area contributed by atoms with Gasteiger partial charge in [0.25, 0.3) is 11.5 Å². The highest BCUT2D eigenvalue weighted by atomic mass is 16.2. The van der Waals surface area contributed by atoms with E-state index < -0.39 is 5.91 Å². The van der Waals surface area contributed by atoms with Crippen LogP contribution in [0.25, 0.3) is 21.8 Å². The van der Waals surface area contributed by atoms with Crippen molar-refractivity contribution in [1.82, 2.24) is 19.4 Å². The number of rotatable bonds is 2. The van der Waals surface area contributed by atoms with Crippen LogP contribution >= 0.6 is 0 Å². The number of fused-ring (bicyclic) bond motifs is 2. The minimum absolute atomic E-state index is 0.186. The van der Waals surface area contributed by atoms with Crippen molar-refractivity contribution in [3.8, 4) is 0 Å². The molecular formula is C17H13N5O2. The summed E-state index contributed by atoms with van der Waals surface area (Å²) in [6.45, 7) is 0. The van der Waals surface area contributed by atoms with Gasteiger partial charge in [-0.05, 0) is 18.2 Å². The van der Waals surface area contributed by atoms with Crippen molar-refractivity contribution < 1.29 is 4.79 Å². The number of para-hydroxylation sites is 2. The number of carbonyl (C=O) groups is 1. The molecule has 0 unspecified atom stereocenters. The molecule has 0 aliphatic carbocycles. The molecule has 2 heterocycles. The average Bonchev–Trinajstić information content (AvgIpc) is 3.01. The Morgan fingerprint density at radius 3 is 2.58 bits per heavy atom. The van der Waals surface area contributed by atoms with Crippen molar-refractivity contribution in [2.75, 3.05) is 5.43 Å². The zero-order chi connectivity index (χ0) is 16.7. The van der Waals surface area contributed by atoms with Crippen LogP contribution in [0.1, 0.15) is 10.5 Å². The summed E-state index contributed by atoms with van der Waals surface area (Å²) in [6.07, 6.45) is 1.53. The van der Waals surface area contributed by atoms with Crippen LogP contribution in [-0.4, -0.2) is 25.3 Å². The van der Waals surface area contributed by atoms with E-state index in [1.54, 1.807) is 28.9 Å². The average molecular weight is 319 g/mol. The minimum Gasteiger partial charge on any atom is -0.267 e. The molecule has 0 aliphatic heterocycles. The third-order valence-corrected chi connectivity index (χ3v) is 3.85. The normalized spacial score (nSPS) is 11.0. The summed E-state index contributed by atoms with van der Waals surface area (Å²) < 4.78 is 2.71. The minimum atomic E-state index is -0.412. The quantitative estimate of drug-likeness (QED) is 0.609. The van der Waals surface area contributed by atoms with Gasteiger partial charge in [-0.2, -0.15) is 5.10 Å². The fourth-order valence-electron chi connectivity index (χ4n) is 2.68. The van der Waals surface area contributed by atoms with Crippen molar-refractivity contribution >= 4 is 27.7 Å². The number of hydrogen-bond donors (Lipinski definition) is 1. The van der Waals surface area contributed by atoms with Crippen LogP contribution in [0.3, 0.4) is 0 Å². The summed E-state index contributed by atoms with van der Waals surface area (Å²) >= 11 is 0. The highest BCUT2D eigenvalue weighted by Gasteiger charge is 2.16. The van der Waals surface area contributed by atoms with E-state index in [9.17, 15) is 9.59 Å². The summed E-state index contributed by atoms with van der Waals surface area (Å²) in [5, 5.41) is 5.09. The lowest BCUT2D eigenvalue weighted by atomic mass is 10.1. The summed E-state index contributed by atoms with van der Waals surface area (Å²) in [4.78, 5) is 29.1. The monoisotopic (exact) mass is 319 g/mol. The van der Waals surface area contributed by atoms with E-state index in [1.165, 1.54) is 18.1 Å². The maximum Gasteiger partial charge on any atom is 0.291 e. The van der Waals surface area contributed by atoms with Crippen LogP contribution in [0.4, 0.5) is 0 Å². The molecule has 7 heteroatoms. The number of nitrogens with one attached hydrogen (secondary N) is 1. The van der Waals surface area contributed by atoms with Gasteiger partial charge < -0.3 is 0 Å². The van der Waals surface area contributed by atoms with Gasteiger partial charge in [0.05, 0.1) is 16.4 Å². The number of aryl methyl sites for hydroxylation is 1. The van der Waals surface area contributed by atoms with E-state index in [4.69, 9.17) is 0 Å². The molecule has 0 radical (unpaired) electrons. The molecule has 0 fully saturated rings. The third kappa shape index (κ3) is 2.14. The Balaban J connectivity index is 1.82. The van der Waals surface area contributed by atoms with Crippen molar-refractivity contribution in [2.45, 2.75) is 0 Å². The molecule has 1 amide bonds. The maximum atomic E-state index is 12.7. The molecular weight excluding hydrogens is 306 g/mol. The van der Waals surface area contributed by atoms with Gasteiger partial charge in [0, 0.05) is 12.4 Å². The predicted octanol–water partition coefficient (Wildman–Crippen LogP) is 1.67. The number of amides is 1. The Hall–Kier alpha value is -3.48. The van der Waals surface area contributed by atoms with Crippen molar-refractivity contribution in [1.29, 1.82) is 0 Å². The van der Waals surface area contributed by atoms with Crippen molar-refractivity contribution in [3.63, 3.8) is 0 Å². The molecule has 0 aliphatic rings. The zero-order valence-electron chi connectivity index (χ0n) is 12.8. The van der Waals surface area contributed by atoms with Gasteiger partial charge in [0.15, 0.2) is 5.69 Å². The first-order valence-corrected chi connectivity index (χ1v) is 7.34. The van der Waals surface area contributed by atoms with E-state index in [0.717, 1.165) is 11.0 Å². The lowest BCUT2D eigenvalue weighted by molar-refractivity contribution is 0.100. The van der Waals surface area contributed by atoms with Crippen molar-refractivity contribution in [3.05, 3.63) is 70.9 Å². The number of imidazole rings is 1. The summed E-state index contributed by atoms with van der Waals surface area (Å²) in [6, 6.07) is 14.4. The molecule has 2 aromatic heterocycles. The first-order valence-electron chi connectivity index (χ1n) is 7.34. The van der Waals surface area contributed by atoms with Gasteiger partial charge >= 0.3 is 0 Å². The lowest BCUT2D eigenvalue weighted by Crippen LogP contribution is -2.28. The Morgan fingerprint density at radius 1 is 1.04 bits per heavy atom. The molecule has 0 saturated heterocycles. The Bertz CT molecular complexity index is 1140. The van der Waals surface area contributed by atoms with Crippen LogP contribution in [0.5, 0.6) is 0 Å².